The van der Waals surface area contributed by atoms with E-state index in [-0.39, 0.29) is 5.91 Å². The first kappa shape index (κ1) is 17.2. The number of para-hydroxylation sites is 1. The lowest BCUT2D eigenvalue weighted by Gasteiger charge is -2.13. The van der Waals surface area contributed by atoms with Crippen LogP contribution < -0.4 is 10.1 Å². The van der Waals surface area contributed by atoms with Crippen LogP contribution in [0.1, 0.15) is 12.6 Å². The number of ether oxygens (including phenoxy) is 1. The largest absolute Gasteiger partial charge is 0.463 e. The molecule has 128 valence electrons. The molecule has 1 N–H and O–H groups in total. The zero-order chi connectivity index (χ0) is 17.8. The number of hydrogen-bond donors (Lipinski definition) is 1. The van der Waals surface area contributed by atoms with E-state index in [0.29, 0.717) is 16.2 Å². The van der Waals surface area contributed by atoms with Gasteiger partial charge < -0.3 is 10.1 Å². The lowest BCUT2D eigenvalue weighted by Crippen LogP contribution is -2.30. The molecule has 0 bridgehead atoms. The van der Waals surface area contributed by atoms with E-state index < -0.39 is 6.10 Å². The van der Waals surface area contributed by atoms with Gasteiger partial charge in [0, 0.05) is 11.9 Å². The molecule has 1 amide bonds. The van der Waals surface area contributed by atoms with Crippen LogP contribution in [0.2, 0.25) is 0 Å². The maximum Gasteiger partial charge on any atom is 0.266 e. The Balaban J connectivity index is 1.69. The Morgan fingerprint density at radius 1 is 1.20 bits per heavy atom. The third-order valence-electron chi connectivity index (χ3n) is 3.46. The second-order valence-corrected chi connectivity index (χ2v) is 6.33. The molecule has 0 spiro atoms. The molecule has 0 saturated heterocycles. The van der Waals surface area contributed by atoms with Gasteiger partial charge in [-0.1, -0.05) is 24.3 Å². The van der Waals surface area contributed by atoms with Gasteiger partial charge >= 0.3 is 0 Å². The van der Waals surface area contributed by atoms with Crippen LogP contribution in [0.15, 0.2) is 59.2 Å². The highest BCUT2D eigenvalue weighted by Gasteiger charge is 2.19. The van der Waals surface area contributed by atoms with Crippen molar-refractivity contribution in [2.45, 2.75) is 20.0 Å². The van der Waals surface area contributed by atoms with Crippen molar-refractivity contribution in [3.63, 3.8) is 0 Å². The first-order valence-corrected chi connectivity index (χ1v) is 8.54. The fourth-order valence-corrected chi connectivity index (χ4v) is 2.56. The summed E-state index contributed by atoms with van der Waals surface area (Å²) in [5.41, 5.74) is 1.73. The summed E-state index contributed by atoms with van der Waals surface area (Å²) in [4.78, 5) is 16.5. The van der Waals surface area contributed by atoms with Crippen LogP contribution in [0, 0.1) is 6.92 Å². The van der Waals surface area contributed by atoms with E-state index in [9.17, 15) is 4.79 Å². The number of aryl methyl sites for hydroxylation is 1. The van der Waals surface area contributed by atoms with Crippen LogP contribution in [0.3, 0.4) is 0 Å². The summed E-state index contributed by atoms with van der Waals surface area (Å²) in [7, 11) is 0. The molecule has 0 radical (unpaired) electrons. The van der Waals surface area contributed by atoms with E-state index in [0.717, 1.165) is 11.4 Å². The van der Waals surface area contributed by atoms with Gasteiger partial charge in [0.2, 0.25) is 5.88 Å². The first-order chi connectivity index (χ1) is 12.0. The number of nitrogens with one attached hydrogen (secondary N) is 1. The molecule has 0 aliphatic heterocycles. The number of nitrogens with zero attached hydrogens (tertiary/aromatic N) is 3. The van der Waals surface area contributed by atoms with Crippen molar-refractivity contribution >= 4 is 27.7 Å². The van der Waals surface area contributed by atoms with E-state index in [1.54, 1.807) is 23.9 Å². The minimum atomic E-state index is -0.724. The summed E-state index contributed by atoms with van der Waals surface area (Å²) < 4.78 is 8.05. The predicted octanol–water partition coefficient (Wildman–Crippen LogP) is 3.74. The van der Waals surface area contributed by atoms with Gasteiger partial charge in [0.25, 0.3) is 5.91 Å². The van der Waals surface area contributed by atoms with Gasteiger partial charge in [-0.25, -0.2) is 9.67 Å². The lowest BCUT2D eigenvalue weighted by atomic mass is 10.3. The minimum Gasteiger partial charge on any atom is -0.463 e. The number of carbonyl (C=O) groups is 1. The van der Waals surface area contributed by atoms with Crippen LogP contribution in [0.25, 0.3) is 5.69 Å². The average Bonchev–Trinajstić information content (AvgIpc) is 2.96. The Bertz CT molecular complexity index is 880. The Hall–Kier alpha value is -2.67. The van der Waals surface area contributed by atoms with Crippen molar-refractivity contribution in [2.75, 3.05) is 5.32 Å². The van der Waals surface area contributed by atoms with E-state index in [2.05, 4.69) is 31.3 Å². The normalized spacial score (nSPS) is 11.8. The third kappa shape index (κ3) is 4.24. The highest BCUT2D eigenvalue weighted by atomic mass is 79.9. The minimum absolute atomic E-state index is 0.292. The molecule has 3 aromatic rings. The highest BCUT2D eigenvalue weighted by molar-refractivity contribution is 9.10. The molecule has 6 nitrogen and oxygen atoms in total. The molecule has 7 heteroatoms. The van der Waals surface area contributed by atoms with Crippen molar-refractivity contribution in [1.29, 1.82) is 0 Å². The fraction of sp³-hybridized carbons (Fsp3) is 0.167. The maximum atomic E-state index is 12.3. The molecule has 3 rings (SSSR count). The molecule has 2 aromatic heterocycles. The topological polar surface area (TPSA) is 69.0 Å². The van der Waals surface area contributed by atoms with E-state index in [4.69, 9.17) is 4.74 Å². The van der Waals surface area contributed by atoms with E-state index >= 15 is 0 Å². The third-order valence-corrected chi connectivity index (χ3v) is 4.00. The Labute approximate surface area is 154 Å². The van der Waals surface area contributed by atoms with Gasteiger partial charge in [0.15, 0.2) is 6.10 Å². The quantitative estimate of drug-likeness (QED) is 0.707. The summed E-state index contributed by atoms with van der Waals surface area (Å²) in [6.07, 6.45) is 1.06. The molecule has 1 atom stereocenters. The van der Waals surface area contributed by atoms with Crippen LogP contribution in [0.5, 0.6) is 5.88 Å². The number of hydrogen-bond acceptors (Lipinski definition) is 4. The van der Waals surface area contributed by atoms with Gasteiger partial charge in [-0.3, -0.25) is 4.79 Å². The average molecular weight is 401 g/mol. The van der Waals surface area contributed by atoms with Gasteiger partial charge in [-0.05, 0) is 54.0 Å². The Morgan fingerprint density at radius 3 is 2.68 bits per heavy atom. The van der Waals surface area contributed by atoms with Crippen molar-refractivity contribution in [2.24, 2.45) is 0 Å². The molecule has 0 aliphatic carbocycles. The zero-order valence-electron chi connectivity index (χ0n) is 13.8. The summed E-state index contributed by atoms with van der Waals surface area (Å²) in [5, 5.41) is 7.11. The second kappa shape index (κ2) is 7.48. The number of rotatable bonds is 5. The number of carbonyl (C=O) groups excluding carboxylic acids is 1. The number of halogens is 1. The van der Waals surface area contributed by atoms with E-state index in [1.807, 2.05) is 49.4 Å². The van der Waals surface area contributed by atoms with Crippen molar-refractivity contribution in [1.82, 2.24) is 14.8 Å². The standard InChI is InChI=1S/C18H17BrN4O2/c1-12-7-6-10-16(20-12)21-17(24)13(2)25-18-15(19)11-23(22-18)14-8-4-3-5-9-14/h3-11,13H,1-2H3,(H,20,21,24)/t13-/m1/s1. The molecular weight excluding hydrogens is 384 g/mol. The highest BCUT2D eigenvalue weighted by Crippen LogP contribution is 2.25. The monoisotopic (exact) mass is 400 g/mol. The van der Waals surface area contributed by atoms with Crippen molar-refractivity contribution < 1.29 is 9.53 Å². The zero-order valence-corrected chi connectivity index (χ0v) is 15.4. The SMILES string of the molecule is Cc1cccc(NC(=O)[C@@H](C)Oc2nn(-c3ccccc3)cc2Br)n1. The lowest BCUT2D eigenvalue weighted by molar-refractivity contribution is -0.122. The van der Waals surface area contributed by atoms with Gasteiger partial charge in [-0.15, -0.1) is 5.10 Å². The smallest absolute Gasteiger partial charge is 0.266 e. The van der Waals surface area contributed by atoms with E-state index in [1.165, 1.54) is 0 Å². The summed E-state index contributed by atoms with van der Waals surface area (Å²) in [6, 6.07) is 15.1. The van der Waals surface area contributed by atoms with Crippen molar-refractivity contribution in [3.8, 4) is 11.6 Å². The second-order valence-electron chi connectivity index (χ2n) is 5.48. The number of benzene rings is 1. The molecular formula is C18H17BrN4O2. The number of pyridine rings is 1. The van der Waals surface area contributed by atoms with Gasteiger partial charge in [0.1, 0.15) is 5.82 Å². The molecule has 0 unspecified atom stereocenters. The van der Waals surface area contributed by atoms with Gasteiger partial charge in [0.05, 0.1) is 10.2 Å². The molecule has 2 heterocycles. The Morgan fingerprint density at radius 2 is 1.96 bits per heavy atom. The van der Waals surface area contributed by atoms with Crippen LogP contribution >= 0.6 is 15.9 Å². The van der Waals surface area contributed by atoms with Crippen LogP contribution in [0.4, 0.5) is 5.82 Å². The molecule has 0 fully saturated rings. The molecule has 25 heavy (non-hydrogen) atoms. The predicted molar refractivity (Wildman–Crippen MR) is 99.0 cm³/mol. The van der Waals surface area contributed by atoms with Crippen LogP contribution in [-0.4, -0.2) is 26.8 Å². The van der Waals surface area contributed by atoms with Crippen molar-refractivity contribution in [3.05, 3.63) is 64.9 Å². The number of amides is 1. The maximum absolute atomic E-state index is 12.3. The number of anilines is 1. The summed E-state index contributed by atoms with van der Waals surface area (Å²) in [6.45, 7) is 3.53. The molecule has 1 aromatic carbocycles. The molecule has 0 aliphatic rings. The Kier molecular flexibility index (Phi) is 5.14. The first-order valence-electron chi connectivity index (χ1n) is 7.74. The summed E-state index contributed by atoms with van der Waals surface area (Å²) >= 11 is 3.42. The number of aromatic nitrogens is 3. The van der Waals surface area contributed by atoms with Gasteiger partial charge in [-0.2, -0.15) is 0 Å². The summed E-state index contributed by atoms with van der Waals surface area (Å²) in [5.74, 6) is 0.553. The van der Waals surface area contributed by atoms with Crippen LogP contribution in [-0.2, 0) is 4.79 Å². The molecule has 0 saturated carbocycles. The fourth-order valence-electron chi connectivity index (χ4n) is 2.19.